The van der Waals surface area contributed by atoms with Crippen molar-refractivity contribution in [1.29, 1.82) is 0 Å². The van der Waals surface area contributed by atoms with Gasteiger partial charge in [-0.3, -0.25) is 0 Å². The summed E-state index contributed by atoms with van der Waals surface area (Å²) in [4.78, 5) is 10.9. The van der Waals surface area contributed by atoms with E-state index >= 15 is 0 Å². The number of nitrogens with zero attached hydrogens (tertiary/aromatic N) is 1. The minimum Gasteiger partial charge on any atom is -0.478 e. The van der Waals surface area contributed by atoms with Crippen molar-refractivity contribution in [3.8, 4) is 0 Å². The Bertz CT molecular complexity index is 572. The van der Waals surface area contributed by atoms with Crippen molar-refractivity contribution < 1.29 is 14.6 Å². The van der Waals surface area contributed by atoms with Crippen molar-refractivity contribution >= 4 is 16.7 Å². The predicted octanol–water partition coefficient (Wildman–Crippen LogP) is 3.15. The third kappa shape index (κ3) is 3.58. The Morgan fingerprint density at radius 3 is 2.74 bits per heavy atom. The molecule has 0 fully saturated rings. The number of carboxylic acids is 1. The molecule has 4 heteroatoms. The van der Waals surface area contributed by atoms with E-state index in [9.17, 15) is 4.79 Å². The van der Waals surface area contributed by atoms with E-state index in [1.165, 1.54) is 0 Å². The number of carboxylic acid groups (broad SMARTS) is 1. The van der Waals surface area contributed by atoms with Crippen LogP contribution in [0.5, 0.6) is 0 Å². The fraction of sp³-hybridized carbons (Fsp3) is 0.400. The second-order valence-electron chi connectivity index (χ2n) is 4.92. The van der Waals surface area contributed by atoms with Gasteiger partial charge in [0.2, 0.25) is 0 Å². The maximum Gasteiger partial charge on any atom is 0.335 e. The van der Waals surface area contributed by atoms with Crippen LogP contribution in [-0.2, 0) is 11.3 Å². The fourth-order valence-corrected chi connectivity index (χ4v) is 2.03. The lowest BCUT2D eigenvalue weighted by molar-refractivity contribution is 0.0696. The van der Waals surface area contributed by atoms with Crippen molar-refractivity contribution in [3.63, 3.8) is 0 Å². The molecule has 2 rings (SSSR count). The van der Waals surface area contributed by atoms with Gasteiger partial charge in [-0.15, -0.1) is 0 Å². The Kier molecular flexibility index (Phi) is 4.22. The lowest BCUT2D eigenvalue weighted by Crippen LogP contribution is -2.06. The van der Waals surface area contributed by atoms with Crippen molar-refractivity contribution in [1.82, 2.24) is 4.57 Å². The highest BCUT2D eigenvalue weighted by molar-refractivity contribution is 5.94. The van der Waals surface area contributed by atoms with Crippen LogP contribution in [0.4, 0.5) is 0 Å². The Hall–Kier alpha value is -1.81. The molecule has 0 bridgehead atoms. The van der Waals surface area contributed by atoms with Crippen LogP contribution in [0.2, 0.25) is 0 Å². The average Bonchev–Trinajstić information content (AvgIpc) is 2.75. The summed E-state index contributed by atoms with van der Waals surface area (Å²) in [6, 6.07) is 5.19. The normalized spacial score (nSPS) is 11.3. The zero-order valence-corrected chi connectivity index (χ0v) is 11.3. The van der Waals surface area contributed by atoms with Gasteiger partial charge in [-0.25, -0.2) is 4.79 Å². The Labute approximate surface area is 112 Å². The molecule has 0 unspecified atom stereocenters. The number of fused-ring (bicyclic) bond motifs is 1. The molecule has 0 saturated carbocycles. The van der Waals surface area contributed by atoms with Crippen LogP contribution in [0, 0.1) is 0 Å². The number of benzene rings is 1. The molecule has 2 aromatic rings. The van der Waals surface area contributed by atoms with Crippen LogP contribution in [0.3, 0.4) is 0 Å². The van der Waals surface area contributed by atoms with Gasteiger partial charge in [0.1, 0.15) is 0 Å². The summed E-state index contributed by atoms with van der Waals surface area (Å²) in [5, 5.41) is 11.0. The van der Waals surface area contributed by atoms with Crippen molar-refractivity contribution in [2.45, 2.75) is 32.9 Å². The molecule has 0 atom stereocenters. The molecule has 0 aliphatic carbocycles. The molecule has 0 spiro atoms. The van der Waals surface area contributed by atoms with Crippen molar-refractivity contribution in [2.75, 3.05) is 6.61 Å². The highest BCUT2D eigenvalue weighted by Crippen LogP contribution is 2.17. The maximum absolute atomic E-state index is 10.9. The molecule has 4 nitrogen and oxygen atoms in total. The second-order valence-corrected chi connectivity index (χ2v) is 4.92. The number of carbonyl (C=O) groups is 1. The number of aromatic carboxylic acids is 1. The van der Waals surface area contributed by atoms with E-state index in [4.69, 9.17) is 9.84 Å². The number of hydrogen-bond donors (Lipinski definition) is 1. The molecule has 1 N–H and O–H groups in total. The molecule has 0 saturated heterocycles. The van der Waals surface area contributed by atoms with Crippen LogP contribution in [0.25, 0.3) is 10.8 Å². The third-order valence-corrected chi connectivity index (χ3v) is 2.96. The Morgan fingerprint density at radius 1 is 1.32 bits per heavy atom. The maximum atomic E-state index is 10.9. The fourth-order valence-electron chi connectivity index (χ4n) is 2.03. The Balaban J connectivity index is 2.03. The first-order valence-corrected chi connectivity index (χ1v) is 6.50. The smallest absolute Gasteiger partial charge is 0.335 e. The number of aromatic nitrogens is 1. The van der Waals surface area contributed by atoms with Gasteiger partial charge in [0.15, 0.2) is 0 Å². The highest BCUT2D eigenvalue weighted by atomic mass is 16.5. The SMILES string of the molecule is CC(C)OCCCn1cc2ccc(C(=O)O)cc2c1. The first kappa shape index (κ1) is 13.6. The minimum absolute atomic E-state index is 0.266. The van der Waals surface area contributed by atoms with E-state index in [1.54, 1.807) is 12.1 Å². The van der Waals surface area contributed by atoms with E-state index in [1.807, 2.05) is 32.3 Å². The van der Waals surface area contributed by atoms with E-state index in [0.29, 0.717) is 5.56 Å². The minimum atomic E-state index is -0.889. The van der Waals surface area contributed by atoms with E-state index in [0.717, 1.165) is 30.3 Å². The number of rotatable bonds is 6. The quantitative estimate of drug-likeness (QED) is 0.813. The molecular weight excluding hydrogens is 242 g/mol. The van der Waals surface area contributed by atoms with Crippen LogP contribution in [0.15, 0.2) is 30.6 Å². The van der Waals surface area contributed by atoms with Crippen LogP contribution < -0.4 is 0 Å². The van der Waals surface area contributed by atoms with Gasteiger partial charge in [0.05, 0.1) is 11.7 Å². The topological polar surface area (TPSA) is 51.5 Å². The van der Waals surface area contributed by atoms with Gasteiger partial charge < -0.3 is 14.4 Å². The van der Waals surface area contributed by atoms with Crippen molar-refractivity contribution in [3.05, 3.63) is 36.2 Å². The first-order valence-electron chi connectivity index (χ1n) is 6.50. The van der Waals surface area contributed by atoms with Gasteiger partial charge in [-0.2, -0.15) is 0 Å². The monoisotopic (exact) mass is 261 g/mol. The van der Waals surface area contributed by atoms with Gasteiger partial charge in [-0.1, -0.05) is 6.07 Å². The van der Waals surface area contributed by atoms with Crippen LogP contribution >= 0.6 is 0 Å². The van der Waals surface area contributed by atoms with Crippen molar-refractivity contribution in [2.24, 2.45) is 0 Å². The molecule has 19 heavy (non-hydrogen) atoms. The second kappa shape index (κ2) is 5.89. The highest BCUT2D eigenvalue weighted by Gasteiger charge is 2.05. The molecular formula is C15H19NO3. The summed E-state index contributed by atoms with van der Waals surface area (Å²) in [6.07, 6.45) is 5.24. The van der Waals surface area contributed by atoms with Gasteiger partial charge in [0, 0.05) is 30.9 Å². The number of aryl methyl sites for hydroxylation is 1. The Morgan fingerprint density at radius 2 is 2.05 bits per heavy atom. The summed E-state index contributed by atoms with van der Waals surface area (Å²) in [5.41, 5.74) is 0.327. The van der Waals surface area contributed by atoms with Gasteiger partial charge >= 0.3 is 5.97 Å². The summed E-state index contributed by atoms with van der Waals surface area (Å²) in [7, 11) is 0. The lowest BCUT2D eigenvalue weighted by atomic mass is 10.1. The van der Waals surface area contributed by atoms with Crippen LogP contribution in [0.1, 0.15) is 30.6 Å². The largest absolute Gasteiger partial charge is 0.478 e. The first-order chi connectivity index (χ1) is 9.06. The predicted molar refractivity (Wildman–Crippen MR) is 74.6 cm³/mol. The molecule has 0 amide bonds. The molecule has 1 heterocycles. The average molecular weight is 261 g/mol. The third-order valence-electron chi connectivity index (χ3n) is 2.96. The standard InChI is InChI=1S/C15H19NO3/c1-11(2)19-7-3-6-16-9-13-5-4-12(15(17)18)8-14(13)10-16/h4-5,8-11H,3,6-7H2,1-2H3,(H,17,18). The molecule has 0 aliphatic rings. The lowest BCUT2D eigenvalue weighted by Gasteiger charge is -2.07. The van der Waals surface area contributed by atoms with Crippen LogP contribution in [-0.4, -0.2) is 28.4 Å². The van der Waals surface area contributed by atoms with E-state index in [-0.39, 0.29) is 6.10 Å². The molecule has 0 radical (unpaired) electrons. The number of ether oxygens (including phenoxy) is 1. The summed E-state index contributed by atoms with van der Waals surface area (Å²) in [6.45, 7) is 5.67. The molecule has 1 aromatic carbocycles. The molecule has 0 aliphatic heterocycles. The molecule has 1 aromatic heterocycles. The molecule has 102 valence electrons. The van der Waals surface area contributed by atoms with E-state index < -0.39 is 5.97 Å². The zero-order valence-electron chi connectivity index (χ0n) is 11.3. The van der Waals surface area contributed by atoms with Gasteiger partial charge in [-0.05, 0) is 37.8 Å². The summed E-state index contributed by atoms with van der Waals surface area (Å²) in [5.74, 6) is -0.889. The summed E-state index contributed by atoms with van der Waals surface area (Å²) >= 11 is 0. The van der Waals surface area contributed by atoms with Gasteiger partial charge in [0.25, 0.3) is 0 Å². The zero-order chi connectivity index (χ0) is 13.8. The number of hydrogen-bond acceptors (Lipinski definition) is 2. The summed E-state index contributed by atoms with van der Waals surface area (Å²) < 4.78 is 7.58. The van der Waals surface area contributed by atoms with E-state index in [2.05, 4.69) is 4.57 Å².